The summed E-state index contributed by atoms with van der Waals surface area (Å²) in [6.45, 7) is 0.911. The summed E-state index contributed by atoms with van der Waals surface area (Å²) < 4.78 is 18.1. The largest absolute Gasteiger partial charge is 0.493 e. The molecular formula is C15H21FN2O2. The van der Waals surface area contributed by atoms with Crippen molar-refractivity contribution < 1.29 is 13.9 Å². The Labute approximate surface area is 118 Å². The SMILES string of the molecule is NCC1CCCC1NC(=O)CCOc1ccc(F)cc1. The molecule has 1 aromatic rings. The van der Waals surface area contributed by atoms with Crippen molar-refractivity contribution in [3.8, 4) is 5.75 Å². The van der Waals surface area contributed by atoms with Crippen LogP contribution in [0.1, 0.15) is 25.7 Å². The maximum absolute atomic E-state index is 12.7. The third-order valence-corrected chi connectivity index (χ3v) is 3.72. The summed E-state index contributed by atoms with van der Waals surface area (Å²) in [5.41, 5.74) is 5.68. The second kappa shape index (κ2) is 7.24. The van der Waals surface area contributed by atoms with Gasteiger partial charge < -0.3 is 15.8 Å². The van der Waals surface area contributed by atoms with Crippen LogP contribution >= 0.6 is 0 Å². The molecule has 1 saturated carbocycles. The minimum Gasteiger partial charge on any atom is -0.493 e. The van der Waals surface area contributed by atoms with Crippen LogP contribution in [0.2, 0.25) is 0 Å². The number of halogens is 1. The van der Waals surface area contributed by atoms with Gasteiger partial charge in [-0.2, -0.15) is 0 Å². The lowest BCUT2D eigenvalue weighted by Gasteiger charge is -2.19. The molecule has 2 rings (SSSR count). The number of hydrogen-bond acceptors (Lipinski definition) is 3. The number of rotatable bonds is 6. The lowest BCUT2D eigenvalue weighted by atomic mass is 10.0. The molecule has 4 nitrogen and oxygen atoms in total. The third-order valence-electron chi connectivity index (χ3n) is 3.72. The highest BCUT2D eigenvalue weighted by Gasteiger charge is 2.26. The van der Waals surface area contributed by atoms with E-state index >= 15 is 0 Å². The first-order valence-electron chi connectivity index (χ1n) is 7.07. The lowest BCUT2D eigenvalue weighted by Crippen LogP contribution is -2.40. The van der Waals surface area contributed by atoms with Gasteiger partial charge in [-0.1, -0.05) is 6.42 Å². The molecular weight excluding hydrogens is 259 g/mol. The number of hydrogen-bond donors (Lipinski definition) is 2. The molecule has 1 fully saturated rings. The van der Waals surface area contributed by atoms with Crippen molar-refractivity contribution in [2.75, 3.05) is 13.2 Å². The summed E-state index contributed by atoms with van der Waals surface area (Å²) in [6.07, 6.45) is 3.52. The summed E-state index contributed by atoms with van der Waals surface area (Å²) in [5, 5.41) is 3.02. The summed E-state index contributed by atoms with van der Waals surface area (Å²) in [4.78, 5) is 11.8. The zero-order valence-corrected chi connectivity index (χ0v) is 11.5. The van der Waals surface area contributed by atoms with E-state index in [2.05, 4.69) is 5.32 Å². The van der Waals surface area contributed by atoms with Crippen molar-refractivity contribution in [2.45, 2.75) is 31.7 Å². The number of amides is 1. The van der Waals surface area contributed by atoms with Crippen LogP contribution in [-0.4, -0.2) is 25.1 Å². The number of benzene rings is 1. The van der Waals surface area contributed by atoms with E-state index in [1.54, 1.807) is 12.1 Å². The molecule has 2 atom stereocenters. The molecule has 0 bridgehead atoms. The molecule has 1 aliphatic carbocycles. The van der Waals surface area contributed by atoms with Crippen molar-refractivity contribution in [3.63, 3.8) is 0 Å². The van der Waals surface area contributed by atoms with Crippen LogP contribution in [0.5, 0.6) is 5.75 Å². The molecule has 0 heterocycles. The lowest BCUT2D eigenvalue weighted by molar-refractivity contribution is -0.122. The molecule has 110 valence electrons. The topological polar surface area (TPSA) is 64.3 Å². The summed E-state index contributed by atoms with van der Waals surface area (Å²) in [6, 6.07) is 5.97. The number of carbonyl (C=O) groups is 1. The zero-order valence-electron chi connectivity index (χ0n) is 11.5. The first-order valence-corrected chi connectivity index (χ1v) is 7.07. The van der Waals surface area contributed by atoms with Gasteiger partial charge in [-0.05, 0) is 49.6 Å². The van der Waals surface area contributed by atoms with Gasteiger partial charge in [0.2, 0.25) is 5.91 Å². The number of carbonyl (C=O) groups excluding carboxylic acids is 1. The first kappa shape index (κ1) is 14.8. The molecule has 1 aliphatic rings. The molecule has 0 aromatic heterocycles. The van der Waals surface area contributed by atoms with Crippen molar-refractivity contribution in [1.29, 1.82) is 0 Å². The molecule has 3 N–H and O–H groups in total. The average Bonchev–Trinajstić information content (AvgIpc) is 2.88. The smallest absolute Gasteiger partial charge is 0.223 e. The van der Waals surface area contributed by atoms with Gasteiger partial charge in [0, 0.05) is 6.04 Å². The summed E-state index contributed by atoms with van der Waals surface area (Å²) in [5.74, 6) is 0.651. The van der Waals surface area contributed by atoms with Crippen molar-refractivity contribution in [2.24, 2.45) is 11.7 Å². The Morgan fingerprint density at radius 1 is 1.35 bits per heavy atom. The summed E-state index contributed by atoms with van der Waals surface area (Å²) in [7, 11) is 0. The molecule has 2 unspecified atom stereocenters. The van der Waals surface area contributed by atoms with E-state index in [0.717, 1.165) is 19.3 Å². The van der Waals surface area contributed by atoms with Gasteiger partial charge in [-0.25, -0.2) is 4.39 Å². The minimum absolute atomic E-state index is 0.0162. The molecule has 20 heavy (non-hydrogen) atoms. The second-order valence-electron chi connectivity index (χ2n) is 5.15. The predicted octanol–water partition coefficient (Wildman–Crippen LogP) is 1.84. The fourth-order valence-corrected chi connectivity index (χ4v) is 2.58. The highest BCUT2D eigenvalue weighted by Crippen LogP contribution is 2.24. The van der Waals surface area contributed by atoms with Gasteiger partial charge in [-0.15, -0.1) is 0 Å². The number of ether oxygens (including phenoxy) is 1. The average molecular weight is 280 g/mol. The maximum atomic E-state index is 12.7. The molecule has 0 radical (unpaired) electrons. The third kappa shape index (κ3) is 4.20. The highest BCUT2D eigenvalue weighted by molar-refractivity contribution is 5.76. The fraction of sp³-hybridized carbons (Fsp3) is 0.533. The fourth-order valence-electron chi connectivity index (χ4n) is 2.58. The summed E-state index contributed by atoms with van der Waals surface area (Å²) >= 11 is 0. The van der Waals surface area contributed by atoms with Gasteiger partial charge in [0.15, 0.2) is 0 Å². The zero-order chi connectivity index (χ0) is 14.4. The molecule has 0 aliphatic heterocycles. The van der Waals surface area contributed by atoms with Crippen LogP contribution in [0.15, 0.2) is 24.3 Å². The maximum Gasteiger partial charge on any atom is 0.223 e. The Balaban J connectivity index is 1.68. The van der Waals surface area contributed by atoms with E-state index < -0.39 is 0 Å². The van der Waals surface area contributed by atoms with E-state index in [-0.39, 0.29) is 24.4 Å². The van der Waals surface area contributed by atoms with Crippen LogP contribution in [0.4, 0.5) is 4.39 Å². The van der Waals surface area contributed by atoms with E-state index in [4.69, 9.17) is 10.5 Å². The monoisotopic (exact) mass is 280 g/mol. The molecule has 1 amide bonds. The Hall–Kier alpha value is -1.62. The number of nitrogens with one attached hydrogen (secondary N) is 1. The van der Waals surface area contributed by atoms with Gasteiger partial charge >= 0.3 is 0 Å². The van der Waals surface area contributed by atoms with Crippen LogP contribution in [0.25, 0.3) is 0 Å². The van der Waals surface area contributed by atoms with Gasteiger partial charge in [0.05, 0.1) is 13.0 Å². The second-order valence-corrected chi connectivity index (χ2v) is 5.15. The van der Waals surface area contributed by atoms with Crippen molar-refractivity contribution >= 4 is 5.91 Å². The van der Waals surface area contributed by atoms with Crippen molar-refractivity contribution in [3.05, 3.63) is 30.1 Å². The molecule has 5 heteroatoms. The first-order chi connectivity index (χ1) is 9.69. The number of nitrogens with two attached hydrogens (primary N) is 1. The Morgan fingerprint density at radius 2 is 2.10 bits per heavy atom. The van der Waals surface area contributed by atoms with E-state index in [9.17, 15) is 9.18 Å². The van der Waals surface area contributed by atoms with E-state index in [0.29, 0.717) is 24.6 Å². The molecule has 0 saturated heterocycles. The van der Waals surface area contributed by atoms with Crippen LogP contribution in [-0.2, 0) is 4.79 Å². The normalized spacial score (nSPS) is 21.7. The minimum atomic E-state index is -0.302. The van der Waals surface area contributed by atoms with Crippen LogP contribution < -0.4 is 15.8 Å². The molecule has 0 spiro atoms. The quantitative estimate of drug-likeness (QED) is 0.835. The predicted molar refractivity (Wildman–Crippen MR) is 74.8 cm³/mol. The van der Waals surface area contributed by atoms with Gasteiger partial charge in [0.1, 0.15) is 11.6 Å². The van der Waals surface area contributed by atoms with Crippen LogP contribution in [0.3, 0.4) is 0 Å². The molecule has 1 aromatic carbocycles. The Kier molecular flexibility index (Phi) is 5.35. The van der Waals surface area contributed by atoms with Crippen LogP contribution in [0, 0.1) is 11.7 Å². The van der Waals surface area contributed by atoms with Gasteiger partial charge in [-0.3, -0.25) is 4.79 Å². The Morgan fingerprint density at radius 3 is 2.80 bits per heavy atom. The van der Waals surface area contributed by atoms with Gasteiger partial charge in [0.25, 0.3) is 0 Å². The highest BCUT2D eigenvalue weighted by atomic mass is 19.1. The van der Waals surface area contributed by atoms with E-state index in [1.807, 2.05) is 0 Å². The standard InChI is InChI=1S/C15H21FN2O2/c16-12-4-6-13(7-5-12)20-9-8-15(19)18-14-3-1-2-11(14)10-17/h4-7,11,14H,1-3,8-10,17H2,(H,18,19). The van der Waals surface area contributed by atoms with E-state index in [1.165, 1.54) is 12.1 Å². The Bertz CT molecular complexity index is 436. The van der Waals surface area contributed by atoms with Crippen molar-refractivity contribution in [1.82, 2.24) is 5.32 Å².